The van der Waals surface area contributed by atoms with E-state index in [-0.39, 0.29) is 40.4 Å². The summed E-state index contributed by atoms with van der Waals surface area (Å²) >= 11 is 0. The Morgan fingerprint density at radius 3 is 2.46 bits per heavy atom. The number of aryl methyl sites for hydroxylation is 2. The summed E-state index contributed by atoms with van der Waals surface area (Å²) in [7, 11) is -3.81. The molecule has 5 rings (SSSR count). The molecule has 3 aromatic rings. The summed E-state index contributed by atoms with van der Waals surface area (Å²) in [6, 6.07) is 5.10. The van der Waals surface area contributed by atoms with Crippen molar-refractivity contribution in [3.05, 3.63) is 40.1 Å². The van der Waals surface area contributed by atoms with E-state index >= 15 is 0 Å². The number of nitrogens with zero attached hydrogens (tertiary/aromatic N) is 4. The maximum atomic E-state index is 13.8. The molecule has 0 spiro atoms. The third kappa shape index (κ3) is 4.56. The molecule has 2 aliphatic heterocycles. The Balaban J connectivity index is 1.60. The molecule has 200 valence electrons. The second kappa shape index (κ2) is 9.82. The van der Waals surface area contributed by atoms with Gasteiger partial charge in [0.15, 0.2) is 11.3 Å². The first kappa shape index (κ1) is 25.8. The summed E-state index contributed by atoms with van der Waals surface area (Å²) in [4.78, 5) is 20.5. The summed E-state index contributed by atoms with van der Waals surface area (Å²) < 4.78 is 36.6. The van der Waals surface area contributed by atoms with Crippen LogP contribution in [0.25, 0.3) is 16.9 Å². The van der Waals surface area contributed by atoms with E-state index < -0.39 is 10.0 Å². The molecule has 0 saturated carbocycles. The summed E-state index contributed by atoms with van der Waals surface area (Å²) in [6.07, 6.45) is 1.51. The number of rotatable bonds is 7. The van der Waals surface area contributed by atoms with Crippen LogP contribution >= 0.6 is 0 Å². The highest BCUT2D eigenvalue weighted by Crippen LogP contribution is 2.32. The number of benzene rings is 1. The van der Waals surface area contributed by atoms with Crippen LogP contribution in [0.4, 0.5) is 0 Å². The standard InChI is InChI=1S/C25H35N7O4S/c1-6-8-22-27-16(5)23-25(33)29-24(30-32(22)23)18-11-17(9-10-21(18)36-7-2)37(34,35)31-12-19-14(3)26-15(4)20(13-31)28-19/h9-11,14-15,19-20,26,28H,6-8,12-13H2,1-5H3,(H,29,30,33). The van der Waals surface area contributed by atoms with E-state index in [0.717, 1.165) is 6.42 Å². The molecule has 2 fully saturated rings. The zero-order chi connectivity index (χ0) is 26.5. The molecule has 12 heteroatoms. The first-order valence-corrected chi connectivity index (χ1v) is 14.4. The zero-order valence-corrected chi connectivity index (χ0v) is 22.7. The lowest BCUT2D eigenvalue weighted by atomic mass is 9.95. The Bertz CT molecular complexity index is 1470. The number of piperazine rings is 2. The van der Waals surface area contributed by atoms with Crippen molar-refractivity contribution in [3.8, 4) is 17.1 Å². The molecule has 2 aromatic heterocycles. The zero-order valence-electron chi connectivity index (χ0n) is 21.9. The monoisotopic (exact) mass is 529 g/mol. The number of nitrogens with one attached hydrogen (secondary N) is 3. The van der Waals surface area contributed by atoms with Gasteiger partial charge >= 0.3 is 0 Å². The molecule has 4 atom stereocenters. The average Bonchev–Trinajstić information content (AvgIpc) is 3.18. The van der Waals surface area contributed by atoms with Gasteiger partial charge in [-0.3, -0.25) is 4.79 Å². The smallest absolute Gasteiger partial charge is 0.277 e. The number of sulfonamides is 1. The molecule has 2 bridgehead atoms. The normalized spacial score (nSPS) is 24.5. The van der Waals surface area contributed by atoms with Crippen molar-refractivity contribution in [2.45, 2.75) is 76.5 Å². The quantitative estimate of drug-likeness (QED) is 0.419. The Morgan fingerprint density at radius 2 is 1.81 bits per heavy atom. The SMILES string of the molecule is CCCc1nc(C)c2c(=O)[nH]c(-c3cc(S(=O)(=O)N4CC5NC(C4)C(C)NC5C)ccc3OCC)nn12. The van der Waals surface area contributed by atoms with Crippen molar-refractivity contribution in [1.29, 1.82) is 0 Å². The molecular formula is C25H35N7O4S. The van der Waals surface area contributed by atoms with E-state index in [9.17, 15) is 13.2 Å². The van der Waals surface area contributed by atoms with Gasteiger partial charge in [0.1, 0.15) is 11.6 Å². The van der Waals surface area contributed by atoms with E-state index in [0.29, 0.717) is 54.5 Å². The van der Waals surface area contributed by atoms with Gasteiger partial charge in [0.05, 0.1) is 22.8 Å². The van der Waals surface area contributed by atoms with E-state index in [1.165, 1.54) is 0 Å². The molecule has 2 saturated heterocycles. The average molecular weight is 530 g/mol. The van der Waals surface area contributed by atoms with Crippen LogP contribution in [-0.2, 0) is 16.4 Å². The van der Waals surface area contributed by atoms with Gasteiger partial charge in [0, 0.05) is 43.7 Å². The van der Waals surface area contributed by atoms with Crippen molar-refractivity contribution in [3.63, 3.8) is 0 Å². The molecule has 37 heavy (non-hydrogen) atoms. The fraction of sp³-hybridized carbons (Fsp3) is 0.560. The van der Waals surface area contributed by atoms with Crippen LogP contribution in [0.5, 0.6) is 5.75 Å². The highest BCUT2D eigenvalue weighted by atomic mass is 32.2. The van der Waals surface area contributed by atoms with Gasteiger partial charge in [0.2, 0.25) is 10.0 Å². The molecular weight excluding hydrogens is 494 g/mol. The van der Waals surface area contributed by atoms with Gasteiger partial charge in [-0.2, -0.15) is 4.31 Å². The van der Waals surface area contributed by atoms with Gasteiger partial charge in [-0.25, -0.2) is 17.9 Å². The van der Waals surface area contributed by atoms with Crippen LogP contribution in [0, 0.1) is 6.92 Å². The molecule has 11 nitrogen and oxygen atoms in total. The Hall–Kier alpha value is -2.80. The lowest BCUT2D eigenvalue weighted by Gasteiger charge is -2.48. The third-order valence-electron chi connectivity index (χ3n) is 7.32. The first-order chi connectivity index (χ1) is 17.6. The second-order valence-electron chi connectivity index (χ2n) is 9.96. The molecule has 3 N–H and O–H groups in total. The van der Waals surface area contributed by atoms with Gasteiger partial charge in [-0.05, 0) is 52.3 Å². The Kier molecular flexibility index (Phi) is 6.86. The summed E-state index contributed by atoms with van der Waals surface area (Å²) in [6.45, 7) is 10.9. The van der Waals surface area contributed by atoms with Crippen LogP contribution in [0.15, 0.2) is 27.9 Å². The van der Waals surface area contributed by atoms with E-state index in [1.807, 2.05) is 13.8 Å². The maximum absolute atomic E-state index is 13.8. The largest absolute Gasteiger partial charge is 0.493 e. The molecule has 0 amide bonds. The van der Waals surface area contributed by atoms with Crippen LogP contribution in [-0.4, -0.2) is 76.2 Å². The first-order valence-electron chi connectivity index (χ1n) is 12.9. The molecule has 4 unspecified atom stereocenters. The summed E-state index contributed by atoms with van der Waals surface area (Å²) in [5, 5.41) is 11.8. The predicted octanol–water partition coefficient (Wildman–Crippen LogP) is 1.46. The van der Waals surface area contributed by atoms with E-state index in [2.05, 4.69) is 39.5 Å². The third-order valence-corrected chi connectivity index (χ3v) is 9.15. The minimum Gasteiger partial charge on any atom is -0.493 e. The highest BCUT2D eigenvalue weighted by Gasteiger charge is 2.42. The predicted molar refractivity (Wildman–Crippen MR) is 140 cm³/mol. The van der Waals surface area contributed by atoms with E-state index in [1.54, 1.807) is 33.9 Å². The van der Waals surface area contributed by atoms with Gasteiger partial charge < -0.3 is 20.4 Å². The van der Waals surface area contributed by atoms with Crippen molar-refractivity contribution in [2.24, 2.45) is 0 Å². The molecule has 4 heterocycles. The number of aromatic amines is 1. The van der Waals surface area contributed by atoms with Crippen LogP contribution < -0.4 is 20.9 Å². The number of aromatic nitrogens is 4. The number of fused-ring (bicyclic) bond motifs is 3. The Morgan fingerprint density at radius 1 is 1.11 bits per heavy atom. The molecule has 0 aliphatic carbocycles. The van der Waals surface area contributed by atoms with E-state index in [4.69, 9.17) is 4.74 Å². The number of H-pyrrole nitrogens is 1. The summed E-state index contributed by atoms with van der Waals surface area (Å²) in [5.74, 6) is 1.37. The molecule has 2 aliphatic rings. The lowest BCUT2D eigenvalue weighted by molar-refractivity contribution is 0.137. The van der Waals surface area contributed by atoms with Crippen LogP contribution in [0.3, 0.4) is 0 Å². The molecule has 1 aromatic carbocycles. The number of imidazole rings is 1. The fourth-order valence-electron chi connectivity index (χ4n) is 5.37. The van der Waals surface area contributed by atoms with Crippen molar-refractivity contribution < 1.29 is 13.2 Å². The maximum Gasteiger partial charge on any atom is 0.277 e. The summed E-state index contributed by atoms with van der Waals surface area (Å²) in [5.41, 5.74) is 1.07. The van der Waals surface area contributed by atoms with Crippen LogP contribution in [0.1, 0.15) is 45.6 Å². The van der Waals surface area contributed by atoms with Gasteiger partial charge in [0.25, 0.3) is 5.56 Å². The number of hydrogen-bond acceptors (Lipinski definition) is 8. The topological polar surface area (TPSA) is 134 Å². The lowest BCUT2D eigenvalue weighted by Crippen LogP contribution is -2.73. The van der Waals surface area contributed by atoms with Crippen molar-refractivity contribution in [2.75, 3.05) is 19.7 Å². The minimum atomic E-state index is -3.81. The fourth-order valence-corrected chi connectivity index (χ4v) is 6.89. The number of ether oxygens (including phenoxy) is 1. The van der Waals surface area contributed by atoms with Crippen LogP contribution in [0.2, 0.25) is 0 Å². The highest BCUT2D eigenvalue weighted by molar-refractivity contribution is 7.89. The van der Waals surface area contributed by atoms with Gasteiger partial charge in [-0.1, -0.05) is 6.92 Å². The second-order valence-corrected chi connectivity index (χ2v) is 11.9. The Labute approximate surface area is 216 Å². The van der Waals surface area contributed by atoms with Gasteiger partial charge in [-0.15, -0.1) is 5.10 Å². The minimum absolute atomic E-state index is 0.0220. The van der Waals surface area contributed by atoms with Crippen molar-refractivity contribution in [1.82, 2.24) is 34.5 Å². The number of hydrogen-bond donors (Lipinski definition) is 3. The van der Waals surface area contributed by atoms with Crippen molar-refractivity contribution >= 4 is 15.5 Å². The molecule has 0 radical (unpaired) electrons.